The zero-order valence-corrected chi connectivity index (χ0v) is 7.81. The highest BCUT2D eigenvalue weighted by atomic mass is 16.7. The highest BCUT2D eigenvalue weighted by molar-refractivity contribution is 5.96. The zero-order chi connectivity index (χ0) is 9.80. The van der Waals surface area contributed by atoms with Crippen LogP contribution in [-0.2, 0) is 9.47 Å². The van der Waals surface area contributed by atoms with Crippen LogP contribution in [0, 0.1) is 0 Å². The Kier molecular flexibility index (Phi) is 2.91. The van der Waals surface area contributed by atoms with E-state index in [9.17, 15) is 4.79 Å². The second-order valence-electron chi connectivity index (χ2n) is 3.27. The van der Waals surface area contributed by atoms with Crippen LogP contribution in [0.5, 0.6) is 0 Å². The van der Waals surface area contributed by atoms with Crippen molar-refractivity contribution in [2.24, 2.45) is 0 Å². The second-order valence-corrected chi connectivity index (χ2v) is 3.27. The van der Waals surface area contributed by atoms with Crippen LogP contribution in [0.25, 0.3) is 0 Å². The van der Waals surface area contributed by atoms with E-state index in [0.29, 0.717) is 19.8 Å². The summed E-state index contributed by atoms with van der Waals surface area (Å²) in [5.41, 5.74) is 0.739. The highest BCUT2D eigenvalue weighted by Crippen LogP contribution is 2.11. The van der Waals surface area contributed by atoms with Crippen LogP contribution in [0.1, 0.15) is 16.8 Å². The molecule has 0 aromatic heterocycles. The fourth-order valence-electron chi connectivity index (χ4n) is 1.44. The summed E-state index contributed by atoms with van der Waals surface area (Å²) in [5, 5.41) is 0. The predicted molar refractivity (Wildman–Crippen MR) is 51.1 cm³/mol. The van der Waals surface area contributed by atoms with Gasteiger partial charge >= 0.3 is 0 Å². The van der Waals surface area contributed by atoms with E-state index in [1.165, 1.54) is 0 Å². The van der Waals surface area contributed by atoms with Crippen molar-refractivity contribution in [3.63, 3.8) is 0 Å². The first kappa shape index (κ1) is 9.37. The molecule has 1 aromatic carbocycles. The Bertz CT molecular complexity index is 302. The van der Waals surface area contributed by atoms with Crippen LogP contribution in [-0.4, -0.2) is 25.3 Å². The van der Waals surface area contributed by atoms with Gasteiger partial charge in [-0.2, -0.15) is 0 Å². The number of hydrogen-bond donors (Lipinski definition) is 0. The first-order valence-corrected chi connectivity index (χ1v) is 4.64. The number of benzene rings is 1. The molecule has 1 aliphatic rings. The Morgan fingerprint density at radius 2 is 2.14 bits per heavy atom. The van der Waals surface area contributed by atoms with Crippen molar-refractivity contribution in [3.8, 4) is 0 Å². The van der Waals surface area contributed by atoms with Crippen molar-refractivity contribution in [2.75, 3.05) is 13.4 Å². The van der Waals surface area contributed by atoms with Crippen molar-refractivity contribution in [3.05, 3.63) is 35.9 Å². The molecule has 14 heavy (non-hydrogen) atoms. The molecule has 0 aliphatic carbocycles. The summed E-state index contributed by atoms with van der Waals surface area (Å²) in [6, 6.07) is 9.25. The average molecular weight is 192 g/mol. The minimum absolute atomic E-state index is 0.0669. The summed E-state index contributed by atoms with van der Waals surface area (Å²) < 4.78 is 10.2. The number of carbonyl (C=O) groups excluding carboxylic acids is 1. The molecule has 0 N–H and O–H groups in total. The quantitative estimate of drug-likeness (QED) is 0.683. The van der Waals surface area contributed by atoms with Gasteiger partial charge in [-0.3, -0.25) is 4.79 Å². The summed E-state index contributed by atoms with van der Waals surface area (Å²) in [6.45, 7) is 0.839. The van der Waals surface area contributed by atoms with Crippen LogP contribution in [0.3, 0.4) is 0 Å². The molecule has 1 saturated heterocycles. The van der Waals surface area contributed by atoms with Crippen LogP contribution < -0.4 is 0 Å². The lowest BCUT2D eigenvalue weighted by Gasteiger charge is -2.05. The Hall–Kier alpha value is -1.19. The molecular formula is C11H12O3. The van der Waals surface area contributed by atoms with Crippen molar-refractivity contribution in [2.45, 2.75) is 12.5 Å². The molecule has 1 aliphatic heterocycles. The van der Waals surface area contributed by atoms with Crippen molar-refractivity contribution in [1.82, 2.24) is 0 Å². The molecule has 1 heterocycles. The molecule has 0 radical (unpaired) electrons. The molecule has 1 atom stereocenters. The molecule has 0 spiro atoms. The Morgan fingerprint density at radius 1 is 1.36 bits per heavy atom. The number of Topliss-reactive ketones (excluding diaryl/α,β-unsaturated/α-hetero) is 1. The van der Waals surface area contributed by atoms with Crippen LogP contribution in [0.4, 0.5) is 0 Å². The monoisotopic (exact) mass is 192 g/mol. The standard InChI is InChI=1S/C11H12O3/c12-11(6-10-7-13-8-14-10)9-4-2-1-3-5-9/h1-5,10H,6-8H2/t10-/m0/s1. The van der Waals surface area contributed by atoms with Crippen LogP contribution in [0.2, 0.25) is 0 Å². The minimum Gasteiger partial charge on any atom is -0.353 e. The van der Waals surface area contributed by atoms with E-state index in [2.05, 4.69) is 0 Å². The number of carbonyl (C=O) groups is 1. The fourth-order valence-corrected chi connectivity index (χ4v) is 1.44. The maximum atomic E-state index is 11.7. The average Bonchev–Trinajstić information content (AvgIpc) is 2.72. The second kappa shape index (κ2) is 4.35. The summed E-state index contributed by atoms with van der Waals surface area (Å²) in [4.78, 5) is 11.7. The van der Waals surface area contributed by atoms with Gasteiger partial charge in [0.05, 0.1) is 12.7 Å². The Morgan fingerprint density at radius 3 is 2.79 bits per heavy atom. The first-order chi connectivity index (χ1) is 6.86. The van der Waals surface area contributed by atoms with Gasteiger partial charge in [0.25, 0.3) is 0 Å². The Balaban J connectivity index is 1.95. The molecular weight excluding hydrogens is 180 g/mol. The molecule has 0 amide bonds. The van der Waals surface area contributed by atoms with E-state index in [4.69, 9.17) is 9.47 Å². The van der Waals surface area contributed by atoms with Gasteiger partial charge in [0, 0.05) is 12.0 Å². The molecule has 2 rings (SSSR count). The third kappa shape index (κ3) is 2.19. The van der Waals surface area contributed by atoms with Crippen molar-refractivity contribution >= 4 is 5.78 Å². The van der Waals surface area contributed by atoms with E-state index < -0.39 is 0 Å². The molecule has 74 valence electrons. The lowest BCUT2D eigenvalue weighted by molar-refractivity contribution is 0.0436. The van der Waals surface area contributed by atoms with Gasteiger partial charge in [0.1, 0.15) is 6.79 Å². The number of ketones is 1. The van der Waals surface area contributed by atoms with E-state index >= 15 is 0 Å². The number of ether oxygens (including phenoxy) is 2. The molecule has 0 unspecified atom stereocenters. The fraction of sp³-hybridized carbons (Fsp3) is 0.364. The van der Waals surface area contributed by atoms with Gasteiger partial charge in [0.2, 0.25) is 0 Å². The van der Waals surface area contributed by atoms with Gasteiger partial charge < -0.3 is 9.47 Å². The van der Waals surface area contributed by atoms with Crippen molar-refractivity contribution in [1.29, 1.82) is 0 Å². The largest absolute Gasteiger partial charge is 0.353 e. The molecule has 0 saturated carbocycles. The summed E-state index contributed by atoms with van der Waals surface area (Å²) in [6.07, 6.45) is 0.340. The molecule has 3 nitrogen and oxygen atoms in total. The summed E-state index contributed by atoms with van der Waals surface area (Å²) in [7, 11) is 0. The Labute approximate surface area is 82.6 Å². The molecule has 1 aromatic rings. The number of rotatable bonds is 3. The van der Waals surface area contributed by atoms with E-state index in [0.717, 1.165) is 5.56 Å². The lowest BCUT2D eigenvalue weighted by Crippen LogP contribution is -2.15. The maximum absolute atomic E-state index is 11.7. The molecule has 1 fully saturated rings. The lowest BCUT2D eigenvalue weighted by atomic mass is 10.1. The van der Waals surface area contributed by atoms with Crippen LogP contribution >= 0.6 is 0 Å². The van der Waals surface area contributed by atoms with Gasteiger partial charge in [-0.25, -0.2) is 0 Å². The van der Waals surface area contributed by atoms with Crippen LogP contribution in [0.15, 0.2) is 30.3 Å². The number of hydrogen-bond acceptors (Lipinski definition) is 3. The topological polar surface area (TPSA) is 35.5 Å². The third-order valence-corrected chi connectivity index (χ3v) is 2.20. The van der Waals surface area contributed by atoms with E-state index in [-0.39, 0.29) is 11.9 Å². The SMILES string of the molecule is O=C(C[C@H]1COCO1)c1ccccc1. The smallest absolute Gasteiger partial charge is 0.165 e. The van der Waals surface area contributed by atoms with Crippen molar-refractivity contribution < 1.29 is 14.3 Å². The van der Waals surface area contributed by atoms with E-state index in [1.54, 1.807) is 0 Å². The molecule has 0 bridgehead atoms. The highest BCUT2D eigenvalue weighted by Gasteiger charge is 2.20. The zero-order valence-electron chi connectivity index (χ0n) is 7.81. The van der Waals surface area contributed by atoms with E-state index in [1.807, 2.05) is 30.3 Å². The van der Waals surface area contributed by atoms with Gasteiger partial charge in [0.15, 0.2) is 5.78 Å². The van der Waals surface area contributed by atoms with Gasteiger partial charge in [-0.15, -0.1) is 0 Å². The molecule has 3 heteroatoms. The first-order valence-electron chi connectivity index (χ1n) is 4.64. The minimum atomic E-state index is -0.0669. The maximum Gasteiger partial charge on any atom is 0.165 e. The predicted octanol–water partition coefficient (Wildman–Crippen LogP) is 1.63. The summed E-state index contributed by atoms with van der Waals surface area (Å²) in [5.74, 6) is 0.112. The van der Waals surface area contributed by atoms with Gasteiger partial charge in [-0.1, -0.05) is 30.3 Å². The summed E-state index contributed by atoms with van der Waals surface area (Å²) >= 11 is 0. The third-order valence-electron chi connectivity index (χ3n) is 2.20. The normalized spacial score (nSPS) is 21.0. The van der Waals surface area contributed by atoms with Gasteiger partial charge in [-0.05, 0) is 0 Å².